The molecule has 124 valence electrons. The Morgan fingerprint density at radius 3 is 2.25 bits per heavy atom. The van der Waals surface area contributed by atoms with E-state index in [4.69, 9.17) is 0 Å². The summed E-state index contributed by atoms with van der Waals surface area (Å²) < 4.78 is 0. The highest BCUT2D eigenvalue weighted by Crippen LogP contribution is 2.35. The maximum absolute atomic E-state index is 2.47. The standard InChI is InChI=1S/C24H28/c1-3-4-17-24(2,18-20-11-6-5-7-12-20)19-22-15-10-14-21-13-8-9-16-23(21)22/h5-16H,3-4,17-19H2,1-2H3. The van der Waals surface area contributed by atoms with Gasteiger partial charge in [0.1, 0.15) is 0 Å². The van der Waals surface area contributed by atoms with Crippen LogP contribution in [0.15, 0.2) is 72.8 Å². The highest BCUT2D eigenvalue weighted by molar-refractivity contribution is 5.85. The van der Waals surface area contributed by atoms with Gasteiger partial charge in [-0.1, -0.05) is 99.5 Å². The average Bonchev–Trinajstić information content (AvgIpc) is 2.61. The fourth-order valence-electron chi connectivity index (χ4n) is 3.84. The molecule has 1 atom stereocenters. The molecule has 0 saturated heterocycles. The first kappa shape index (κ1) is 16.8. The molecule has 3 aromatic rings. The zero-order chi connectivity index (χ0) is 16.8. The lowest BCUT2D eigenvalue weighted by Gasteiger charge is -2.31. The Kier molecular flexibility index (Phi) is 5.35. The highest BCUT2D eigenvalue weighted by Gasteiger charge is 2.25. The van der Waals surface area contributed by atoms with Gasteiger partial charge in [0.25, 0.3) is 0 Å². The van der Waals surface area contributed by atoms with E-state index in [0.717, 1.165) is 12.8 Å². The minimum absolute atomic E-state index is 0.307. The largest absolute Gasteiger partial charge is 0.0654 e. The minimum atomic E-state index is 0.307. The van der Waals surface area contributed by atoms with Crippen molar-refractivity contribution in [3.8, 4) is 0 Å². The zero-order valence-electron chi connectivity index (χ0n) is 15.0. The molecule has 0 spiro atoms. The van der Waals surface area contributed by atoms with E-state index in [-0.39, 0.29) is 0 Å². The maximum Gasteiger partial charge on any atom is -0.0152 e. The summed E-state index contributed by atoms with van der Waals surface area (Å²) in [5.41, 5.74) is 3.25. The monoisotopic (exact) mass is 316 g/mol. The molecule has 3 rings (SSSR count). The molecule has 0 saturated carbocycles. The Morgan fingerprint density at radius 1 is 0.750 bits per heavy atom. The molecule has 0 aliphatic rings. The second-order valence-corrected chi connectivity index (χ2v) is 7.39. The molecule has 1 unspecified atom stereocenters. The van der Waals surface area contributed by atoms with E-state index in [1.807, 2.05) is 0 Å². The van der Waals surface area contributed by atoms with Gasteiger partial charge in [-0.25, -0.2) is 0 Å². The smallest absolute Gasteiger partial charge is 0.0152 e. The van der Waals surface area contributed by atoms with E-state index in [9.17, 15) is 0 Å². The lowest BCUT2D eigenvalue weighted by Crippen LogP contribution is -2.23. The van der Waals surface area contributed by atoms with Gasteiger partial charge in [-0.05, 0) is 46.6 Å². The topological polar surface area (TPSA) is 0 Å². The molecule has 0 amide bonds. The van der Waals surface area contributed by atoms with Crippen LogP contribution in [0.4, 0.5) is 0 Å². The van der Waals surface area contributed by atoms with Crippen LogP contribution < -0.4 is 0 Å². The summed E-state index contributed by atoms with van der Waals surface area (Å²) in [4.78, 5) is 0. The molecule has 0 aliphatic heterocycles. The van der Waals surface area contributed by atoms with Crippen LogP contribution in [0.5, 0.6) is 0 Å². The summed E-state index contributed by atoms with van der Waals surface area (Å²) in [6, 6.07) is 26.5. The summed E-state index contributed by atoms with van der Waals surface area (Å²) in [5.74, 6) is 0. The third-order valence-electron chi connectivity index (χ3n) is 5.10. The average molecular weight is 316 g/mol. The van der Waals surface area contributed by atoms with E-state index in [0.29, 0.717) is 5.41 Å². The Hall–Kier alpha value is -2.08. The van der Waals surface area contributed by atoms with Crippen LogP contribution in [0.25, 0.3) is 10.8 Å². The number of hydrogen-bond donors (Lipinski definition) is 0. The Labute approximate surface area is 146 Å². The first-order chi connectivity index (χ1) is 11.7. The number of fused-ring (bicyclic) bond motifs is 1. The van der Waals surface area contributed by atoms with Gasteiger partial charge >= 0.3 is 0 Å². The van der Waals surface area contributed by atoms with Gasteiger partial charge in [0, 0.05) is 0 Å². The van der Waals surface area contributed by atoms with Crippen molar-refractivity contribution < 1.29 is 0 Å². The molecule has 0 fully saturated rings. The van der Waals surface area contributed by atoms with E-state index in [2.05, 4.69) is 86.6 Å². The number of unbranched alkanes of at least 4 members (excludes halogenated alkanes) is 1. The van der Waals surface area contributed by atoms with Crippen molar-refractivity contribution >= 4 is 10.8 Å². The molecule has 24 heavy (non-hydrogen) atoms. The van der Waals surface area contributed by atoms with Crippen LogP contribution >= 0.6 is 0 Å². The zero-order valence-corrected chi connectivity index (χ0v) is 15.0. The maximum atomic E-state index is 2.47. The third-order valence-corrected chi connectivity index (χ3v) is 5.10. The van der Waals surface area contributed by atoms with E-state index < -0.39 is 0 Å². The predicted octanol–water partition coefficient (Wildman–Crippen LogP) is 6.82. The SMILES string of the molecule is CCCCC(C)(Cc1ccccc1)Cc1cccc2ccccc12. The van der Waals surface area contributed by atoms with Crippen molar-refractivity contribution in [1.29, 1.82) is 0 Å². The summed E-state index contributed by atoms with van der Waals surface area (Å²) in [5, 5.41) is 2.77. The first-order valence-corrected chi connectivity index (χ1v) is 9.21. The minimum Gasteiger partial charge on any atom is -0.0654 e. The number of hydrogen-bond acceptors (Lipinski definition) is 0. The van der Waals surface area contributed by atoms with Crippen molar-refractivity contribution in [3.05, 3.63) is 83.9 Å². The van der Waals surface area contributed by atoms with Gasteiger partial charge < -0.3 is 0 Å². The summed E-state index contributed by atoms with van der Waals surface area (Å²) in [6.45, 7) is 4.76. The third kappa shape index (κ3) is 4.06. The molecular formula is C24H28. The van der Waals surface area contributed by atoms with E-state index in [1.54, 1.807) is 0 Å². The molecular weight excluding hydrogens is 288 g/mol. The van der Waals surface area contributed by atoms with Gasteiger partial charge in [0.15, 0.2) is 0 Å². The fraction of sp³-hybridized carbons (Fsp3) is 0.333. The highest BCUT2D eigenvalue weighted by atomic mass is 14.3. The predicted molar refractivity (Wildman–Crippen MR) is 105 cm³/mol. The van der Waals surface area contributed by atoms with Gasteiger partial charge in [0.05, 0.1) is 0 Å². The number of benzene rings is 3. The lowest BCUT2D eigenvalue weighted by molar-refractivity contribution is 0.283. The molecule has 0 nitrogen and oxygen atoms in total. The molecule has 0 heterocycles. The second-order valence-electron chi connectivity index (χ2n) is 7.39. The lowest BCUT2D eigenvalue weighted by atomic mass is 9.74. The van der Waals surface area contributed by atoms with Gasteiger partial charge in [-0.15, -0.1) is 0 Å². The van der Waals surface area contributed by atoms with Gasteiger partial charge in [0.2, 0.25) is 0 Å². The van der Waals surface area contributed by atoms with Gasteiger partial charge in [-0.3, -0.25) is 0 Å². The van der Waals surface area contributed by atoms with E-state index >= 15 is 0 Å². The molecule has 0 heteroatoms. The molecule has 0 N–H and O–H groups in total. The van der Waals surface area contributed by atoms with Crippen molar-refractivity contribution in [2.45, 2.75) is 46.0 Å². The summed E-state index contributed by atoms with van der Waals surface area (Å²) in [6.07, 6.45) is 6.13. The van der Waals surface area contributed by atoms with E-state index in [1.165, 1.54) is 41.2 Å². The first-order valence-electron chi connectivity index (χ1n) is 9.21. The Morgan fingerprint density at radius 2 is 1.46 bits per heavy atom. The van der Waals surface area contributed by atoms with Crippen molar-refractivity contribution in [2.24, 2.45) is 5.41 Å². The Bertz CT molecular complexity index is 767. The van der Waals surface area contributed by atoms with Crippen molar-refractivity contribution in [3.63, 3.8) is 0 Å². The van der Waals surface area contributed by atoms with Crippen LogP contribution in [0.2, 0.25) is 0 Å². The van der Waals surface area contributed by atoms with Crippen LogP contribution in [0.1, 0.15) is 44.2 Å². The van der Waals surface area contributed by atoms with Crippen LogP contribution in [-0.4, -0.2) is 0 Å². The fourth-order valence-corrected chi connectivity index (χ4v) is 3.84. The molecule has 0 aliphatic carbocycles. The van der Waals surface area contributed by atoms with Crippen LogP contribution in [0.3, 0.4) is 0 Å². The normalized spacial score (nSPS) is 13.8. The second kappa shape index (κ2) is 7.66. The molecule has 3 aromatic carbocycles. The van der Waals surface area contributed by atoms with Crippen LogP contribution in [-0.2, 0) is 12.8 Å². The van der Waals surface area contributed by atoms with Gasteiger partial charge in [-0.2, -0.15) is 0 Å². The summed E-state index contributed by atoms with van der Waals surface area (Å²) in [7, 11) is 0. The van der Waals surface area contributed by atoms with Crippen molar-refractivity contribution in [2.75, 3.05) is 0 Å². The van der Waals surface area contributed by atoms with Crippen molar-refractivity contribution in [1.82, 2.24) is 0 Å². The van der Waals surface area contributed by atoms with Crippen LogP contribution in [0, 0.1) is 5.41 Å². The number of rotatable bonds is 7. The molecule has 0 bridgehead atoms. The molecule has 0 radical (unpaired) electrons. The Balaban J connectivity index is 1.90. The quantitative estimate of drug-likeness (QED) is 0.448. The molecule has 0 aromatic heterocycles. The summed E-state index contributed by atoms with van der Waals surface area (Å²) >= 11 is 0.